The molecule has 0 bridgehead atoms. The second-order valence-electron chi connectivity index (χ2n) is 9.27. The minimum atomic E-state index is -4.17. The van der Waals surface area contributed by atoms with Crippen LogP contribution in [-0.4, -0.2) is 43.8 Å². The first kappa shape index (κ1) is 29.5. The highest BCUT2D eigenvalue weighted by Gasteiger charge is 2.32. The molecule has 3 aromatic carbocycles. The number of nitrogens with zero attached hydrogens (tertiary/aromatic N) is 2. The lowest BCUT2D eigenvalue weighted by atomic mass is 10.1. The maximum atomic E-state index is 13.8. The summed E-state index contributed by atoms with van der Waals surface area (Å²) in [4.78, 5) is 28.2. The molecule has 1 atom stereocenters. The highest BCUT2D eigenvalue weighted by atomic mass is 35.5. The van der Waals surface area contributed by atoms with Crippen LogP contribution in [0.15, 0.2) is 77.7 Å². The van der Waals surface area contributed by atoms with Crippen LogP contribution >= 0.6 is 23.2 Å². The summed E-state index contributed by atoms with van der Waals surface area (Å²) >= 11 is 12.3. The third kappa shape index (κ3) is 7.28. The molecule has 10 heteroatoms. The Morgan fingerprint density at radius 2 is 1.53 bits per heavy atom. The molecule has 0 unspecified atom stereocenters. The molecule has 202 valence electrons. The Bertz CT molecular complexity index is 1380. The molecule has 2 amide bonds. The van der Waals surface area contributed by atoms with Gasteiger partial charge in [0.2, 0.25) is 11.8 Å². The second kappa shape index (κ2) is 12.7. The lowest BCUT2D eigenvalue weighted by molar-refractivity contribution is -0.139. The number of aryl methyl sites for hydroxylation is 1. The summed E-state index contributed by atoms with van der Waals surface area (Å²) in [6, 6.07) is 18.8. The van der Waals surface area contributed by atoms with Crippen molar-refractivity contribution in [2.75, 3.05) is 10.8 Å². The van der Waals surface area contributed by atoms with Crippen molar-refractivity contribution in [3.63, 3.8) is 0 Å². The number of rotatable bonds is 10. The molecule has 3 aromatic rings. The van der Waals surface area contributed by atoms with E-state index in [1.165, 1.54) is 35.2 Å². The van der Waals surface area contributed by atoms with Gasteiger partial charge in [0, 0.05) is 12.6 Å². The molecule has 0 heterocycles. The van der Waals surface area contributed by atoms with Crippen LogP contribution in [-0.2, 0) is 26.2 Å². The number of carbonyl (C=O) groups excluding carboxylic acids is 2. The van der Waals surface area contributed by atoms with Gasteiger partial charge in [-0.15, -0.1) is 0 Å². The molecule has 0 fully saturated rings. The van der Waals surface area contributed by atoms with Crippen molar-refractivity contribution in [2.45, 2.75) is 51.2 Å². The first-order valence-electron chi connectivity index (χ1n) is 12.1. The smallest absolute Gasteiger partial charge is 0.264 e. The zero-order valence-corrected chi connectivity index (χ0v) is 24.0. The number of amides is 2. The van der Waals surface area contributed by atoms with Crippen LogP contribution in [0.3, 0.4) is 0 Å². The predicted octanol–water partition coefficient (Wildman–Crippen LogP) is 5.44. The molecule has 1 N–H and O–H groups in total. The molecular weight excluding hydrogens is 545 g/mol. The van der Waals surface area contributed by atoms with Crippen LogP contribution in [0.1, 0.15) is 31.9 Å². The monoisotopic (exact) mass is 575 g/mol. The van der Waals surface area contributed by atoms with E-state index in [0.29, 0.717) is 0 Å². The minimum Gasteiger partial charge on any atom is -0.352 e. The van der Waals surface area contributed by atoms with Gasteiger partial charge in [-0.05, 0) is 63.6 Å². The van der Waals surface area contributed by atoms with E-state index in [1.807, 2.05) is 45.0 Å². The van der Waals surface area contributed by atoms with Crippen molar-refractivity contribution in [3.05, 3.63) is 94.0 Å². The van der Waals surface area contributed by atoms with Crippen LogP contribution in [0.25, 0.3) is 0 Å². The van der Waals surface area contributed by atoms with Gasteiger partial charge in [0.15, 0.2) is 0 Å². The molecule has 7 nitrogen and oxygen atoms in total. The summed E-state index contributed by atoms with van der Waals surface area (Å²) in [5.41, 5.74) is 2.03. The molecule has 0 aliphatic heterocycles. The average Bonchev–Trinajstić information content (AvgIpc) is 2.88. The predicted molar refractivity (Wildman–Crippen MR) is 152 cm³/mol. The maximum absolute atomic E-state index is 13.8. The number of hydrogen-bond donors (Lipinski definition) is 1. The van der Waals surface area contributed by atoms with Crippen molar-refractivity contribution in [2.24, 2.45) is 0 Å². The topological polar surface area (TPSA) is 86.8 Å². The number of anilines is 1. The minimum absolute atomic E-state index is 0.00885. The SMILES string of the molecule is Cc1ccc(CN(C(=O)CN(c2ccc(Cl)c(Cl)c2)S(=O)(=O)c2ccccc2)[C@H](C)C(=O)NC(C)C)cc1. The molecule has 0 aliphatic carbocycles. The van der Waals surface area contributed by atoms with Crippen molar-refractivity contribution in [3.8, 4) is 0 Å². The lowest BCUT2D eigenvalue weighted by Crippen LogP contribution is -2.52. The molecule has 0 aliphatic rings. The Balaban J connectivity index is 2.04. The number of sulfonamides is 1. The zero-order valence-electron chi connectivity index (χ0n) is 21.7. The Kier molecular flexibility index (Phi) is 9.82. The highest BCUT2D eigenvalue weighted by molar-refractivity contribution is 7.92. The average molecular weight is 577 g/mol. The van der Waals surface area contributed by atoms with E-state index in [0.717, 1.165) is 15.4 Å². The molecule has 0 spiro atoms. The highest BCUT2D eigenvalue weighted by Crippen LogP contribution is 2.31. The Morgan fingerprint density at radius 3 is 2.11 bits per heavy atom. The van der Waals surface area contributed by atoms with E-state index in [4.69, 9.17) is 23.2 Å². The van der Waals surface area contributed by atoms with Crippen LogP contribution in [0.5, 0.6) is 0 Å². The van der Waals surface area contributed by atoms with Gasteiger partial charge in [-0.2, -0.15) is 0 Å². The fourth-order valence-electron chi connectivity index (χ4n) is 3.77. The Hall–Kier alpha value is -3.07. The number of nitrogens with one attached hydrogen (secondary N) is 1. The number of hydrogen-bond acceptors (Lipinski definition) is 4. The van der Waals surface area contributed by atoms with E-state index in [-0.39, 0.29) is 39.1 Å². The fourth-order valence-corrected chi connectivity index (χ4v) is 5.49. The van der Waals surface area contributed by atoms with Crippen LogP contribution in [0.2, 0.25) is 10.0 Å². The normalized spacial score (nSPS) is 12.2. The van der Waals surface area contributed by atoms with Crippen molar-refractivity contribution < 1.29 is 18.0 Å². The molecule has 0 saturated carbocycles. The molecule has 0 radical (unpaired) electrons. The number of carbonyl (C=O) groups is 2. The summed E-state index contributed by atoms with van der Waals surface area (Å²) < 4.78 is 28.5. The van der Waals surface area contributed by atoms with E-state index in [9.17, 15) is 18.0 Å². The van der Waals surface area contributed by atoms with E-state index >= 15 is 0 Å². The zero-order chi connectivity index (χ0) is 28.0. The first-order chi connectivity index (χ1) is 17.9. The van der Waals surface area contributed by atoms with Gasteiger partial charge >= 0.3 is 0 Å². The van der Waals surface area contributed by atoms with Gasteiger partial charge in [-0.3, -0.25) is 13.9 Å². The molecule has 0 saturated heterocycles. The quantitative estimate of drug-likeness (QED) is 0.348. The van der Waals surface area contributed by atoms with Gasteiger partial charge in [0.1, 0.15) is 12.6 Å². The summed E-state index contributed by atoms with van der Waals surface area (Å²) in [5, 5.41) is 3.22. The maximum Gasteiger partial charge on any atom is 0.264 e. The van der Waals surface area contributed by atoms with Gasteiger partial charge in [-0.1, -0.05) is 71.2 Å². The lowest BCUT2D eigenvalue weighted by Gasteiger charge is -2.32. The van der Waals surface area contributed by atoms with E-state index in [2.05, 4.69) is 5.32 Å². The summed E-state index contributed by atoms with van der Waals surface area (Å²) in [6.07, 6.45) is 0. The van der Waals surface area contributed by atoms with Gasteiger partial charge in [-0.25, -0.2) is 8.42 Å². The molecule has 38 heavy (non-hydrogen) atoms. The molecular formula is C28H31Cl2N3O4S. The Morgan fingerprint density at radius 1 is 0.895 bits per heavy atom. The van der Waals surface area contributed by atoms with E-state index in [1.54, 1.807) is 25.1 Å². The first-order valence-corrected chi connectivity index (χ1v) is 14.3. The second-order valence-corrected chi connectivity index (χ2v) is 11.9. The summed E-state index contributed by atoms with van der Waals surface area (Å²) in [5.74, 6) is -0.893. The van der Waals surface area contributed by atoms with Crippen LogP contribution in [0, 0.1) is 6.92 Å². The standard InChI is InChI=1S/C28H31Cl2N3O4S/c1-19(2)31-28(35)21(4)32(17-22-12-10-20(3)11-13-22)27(34)18-33(23-14-15-25(29)26(30)16-23)38(36,37)24-8-6-5-7-9-24/h5-16,19,21H,17-18H2,1-4H3,(H,31,35)/t21-/m1/s1. The van der Waals surface area contributed by atoms with Gasteiger partial charge in [0.05, 0.1) is 20.6 Å². The van der Waals surface area contributed by atoms with Crippen molar-refractivity contribution in [1.82, 2.24) is 10.2 Å². The van der Waals surface area contributed by atoms with E-state index < -0.39 is 28.5 Å². The number of benzene rings is 3. The largest absolute Gasteiger partial charge is 0.352 e. The fraction of sp³-hybridized carbons (Fsp3) is 0.286. The van der Waals surface area contributed by atoms with Crippen molar-refractivity contribution in [1.29, 1.82) is 0 Å². The summed E-state index contributed by atoms with van der Waals surface area (Å²) in [6.45, 7) is 6.80. The summed E-state index contributed by atoms with van der Waals surface area (Å²) in [7, 11) is -4.17. The third-order valence-corrected chi connectivity index (χ3v) is 8.40. The third-order valence-electron chi connectivity index (χ3n) is 5.87. The molecule has 3 rings (SSSR count). The number of halogens is 2. The van der Waals surface area contributed by atoms with Crippen molar-refractivity contribution >= 4 is 50.7 Å². The molecule has 0 aromatic heterocycles. The Labute approximate surface area is 234 Å². The van der Waals surface area contributed by atoms with Gasteiger partial charge < -0.3 is 10.2 Å². The van der Waals surface area contributed by atoms with Gasteiger partial charge in [0.25, 0.3) is 10.0 Å². The van der Waals surface area contributed by atoms with Crippen LogP contribution in [0.4, 0.5) is 5.69 Å². The van der Waals surface area contributed by atoms with Crippen LogP contribution < -0.4 is 9.62 Å².